The van der Waals surface area contributed by atoms with E-state index in [4.69, 9.17) is 11.6 Å². The number of rotatable bonds is 8. The Labute approximate surface area is 219 Å². The van der Waals surface area contributed by atoms with E-state index in [0.29, 0.717) is 16.5 Å². The number of hydrogen-bond acceptors (Lipinski definition) is 3. The van der Waals surface area contributed by atoms with Gasteiger partial charge in [0.05, 0.1) is 5.56 Å². The molecule has 5 rings (SSSR count). The smallest absolute Gasteiger partial charge is 0.361 e. The van der Waals surface area contributed by atoms with Gasteiger partial charge in [0.1, 0.15) is 12.7 Å². The van der Waals surface area contributed by atoms with Gasteiger partial charge in [0.2, 0.25) is 0 Å². The quantitative estimate of drug-likeness (QED) is 0.261. The summed E-state index contributed by atoms with van der Waals surface area (Å²) in [6, 6.07) is 9.96. The molecule has 2 aromatic heterocycles. The van der Waals surface area contributed by atoms with Crippen molar-refractivity contribution in [3.05, 3.63) is 77.0 Å². The fourth-order valence-corrected chi connectivity index (χ4v) is 5.79. The number of aryl methyl sites for hydroxylation is 1. The maximum atomic E-state index is 13.1. The molecule has 0 saturated carbocycles. The fraction of sp³-hybridized carbons (Fsp3) is 0.429. The van der Waals surface area contributed by atoms with E-state index in [9.17, 15) is 13.2 Å². The van der Waals surface area contributed by atoms with Crippen LogP contribution in [0.1, 0.15) is 55.2 Å². The van der Waals surface area contributed by atoms with E-state index in [0.717, 1.165) is 62.6 Å². The van der Waals surface area contributed by atoms with Gasteiger partial charge < -0.3 is 9.88 Å². The van der Waals surface area contributed by atoms with Crippen LogP contribution in [0.25, 0.3) is 16.6 Å². The van der Waals surface area contributed by atoms with Crippen molar-refractivity contribution in [3.63, 3.8) is 0 Å². The molecular weight excluding hydrogens is 499 g/mol. The average Bonchev–Trinajstić information content (AvgIpc) is 3.55. The van der Waals surface area contributed by atoms with Gasteiger partial charge in [-0.25, -0.2) is 0 Å². The van der Waals surface area contributed by atoms with Crippen molar-refractivity contribution in [2.24, 2.45) is 5.92 Å². The number of hydrogen-bond donors (Lipinski definition) is 1. The highest BCUT2D eigenvalue weighted by Crippen LogP contribution is 2.35. The predicted octanol–water partition coefficient (Wildman–Crippen LogP) is 7.26. The number of likely N-dealkylation sites (tertiary alicyclic amines) is 1. The normalized spacial score (nSPS) is 16.5. The lowest BCUT2D eigenvalue weighted by molar-refractivity contribution is -0.137. The molecule has 5 nitrogen and oxygen atoms in total. The maximum Gasteiger partial charge on any atom is 0.416 e. The summed E-state index contributed by atoms with van der Waals surface area (Å²) in [5.74, 6) is 0.623. The summed E-state index contributed by atoms with van der Waals surface area (Å²) < 4.78 is 41.4. The summed E-state index contributed by atoms with van der Waals surface area (Å²) in [6.07, 6.45) is 6.74. The van der Waals surface area contributed by atoms with Gasteiger partial charge in [-0.1, -0.05) is 24.9 Å². The fourth-order valence-electron chi connectivity index (χ4n) is 5.49. The summed E-state index contributed by atoms with van der Waals surface area (Å²) in [4.78, 5) is 5.75. The highest BCUT2D eigenvalue weighted by atomic mass is 35.5. The first kappa shape index (κ1) is 25.8. The zero-order valence-corrected chi connectivity index (χ0v) is 21.6. The first-order valence-electron chi connectivity index (χ1n) is 12.8. The molecule has 1 N–H and O–H groups in total. The molecule has 0 bridgehead atoms. The van der Waals surface area contributed by atoms with E-state index in [1.54, 1.807) is 12.7 Å². The number of benzene rings is 2. The molecule has 1 saturated heterocycles. The molecule has 1 fully saturated rings. The highest BCUT2D eigenvalue weighted by Gasteiger charge is 2.31. The number of piperidine rings is 1. The van der Waals surface area contributed by atoms with Crippen LogP contribution in [0, 0.1) is 5.92 Å². The molecule has 9 heteroatoms. The van der Waals surface area contributed by atoms with Gasteiger partial charge in [-0.15, -0.1) is 10.2 Å². The second-order valence-electron chi connectivity index (χ2n) is 10.2. The van der Waals surface area contributed by atoms with Crippen LogP contribution >= 0.6 is 11.6 Å². The summed E-state index contributed by atoms with van der Waals surface area (Å²) in [5, 5.41) is 9.44. The largest absolute Gasteiger partial charge is 0.416 e. The standard InChI is InChI=1S/C28H31ClF3N5/c1-19(24-13-22(28(30,31)32)5-7-26(24)29)16-36-11-9-20(10-12-36)3-2-4-21-15-33-27-8-6-23(14-25(21)27)37-17-34-35-18-37/h5-8,13-15,17-20,33H,2-4,9-12,16H2,1H3. The minimum Gasteiger partial charge on any atom is -0.361 e. The van der Waals surface area contributed by atoms with Crippen molar-refractivity contribution < 1.29 is 13.2 Å². The Hall–Kier alpha value is -2.84. The molecule has 1 aliphatic rings. The first-order chi connectivity index (χ1) is 17.8. The minimum absolute atomic E-state index is 0.0591. The third-order valence-electron chi connectivity index (χ3n) is 7.62. The zero-order chi connectivity index (χ0) is 26.0. The van der Waals surface area contributed by atoms with Crippen LogP contribution in [0.4, 0.5) is 13.2 Å². The van der Waals surface area contributed by atoms with Gasteiger partial charge in [0.25, 0.3) is 0 Å². The topological polar surface area (TPSA) is 49.7 Å². The highest BCUT2D eigenvalue weighted by molar-refractivity contribution is 6.31. The summed E-state index contributed by atoms with van der Waals surface area (Å²) >= 11 is 6.26. The lowest BCUT2D eigenvalue weighted by Crippen LogP contribution is -2.36. The van der Waals surface area contributed by atoms with Crippen molar-refractivity contribution in [2.45, 2.75) is 51.1 Å². The van der Waals surface area contributed by atoms with Gasteiger partial charge in [0.15, 0.2) is 0 Å². The van der Waals surface area contributed by atoms with Crippen LogP contribution in [0.3, 0.4) is 0 Å². The van der Waals surface area contributed by atoms with Crippen molar-refractivity contribution in [1.29, 1.82) is 0 Å². The lowest BCUT2D eigenvalue weighted by Gasteiger charge is -2.34. The van der Waals surface area contributed by atoms with E-state index in [1.165, 1.54) is 29.5 Å². The molecule has 1 atom stereocenters. The maximum absolute atomic E-state index is 13.1. The second kappa shape index (κ2) is 10.9. The molecule has 2 aromatic carbocycles. The lowest BCUT2D eigenvalue weighted by atomic mass is 9.89. The minimum atomic E-state index is -4.36. The Kier molecular flexibility index (Phi) is 7.58. The molecule has 0 amide bonds. The summed E-state index contributed by atoms with van der Waals surface area (Å²) in [7, 11) is 0. The molecule has 196 valence electrons. The Morgan fingerprint density at radius 1 is 1.08 bits per heavy atom. The molecule has 0 spiro atoms. The Bertz CT molecular complexity index is 1320. The molecule has 0 aliphatic carbocycles. The number of alkyl halides is 3. The number of aromatic amines is 1. The van der Waals surface area contributed by atoms with Crippen molar-refractivity contribution in [2.75, 3.05) is 19.6 Å². The van der Waals surface area contributed by atoms with Gasteiger partial charge in [-0.3, -0.25) is 4.57 Å². The predicted molar refractivity (Wildman–Crippen MR) is 140 cm³/mol. The number of nitrogens with zero attached hydrogens (tertiary/aromatic N) is 4. The molecule has 1 unspecified atom stereocenters. The van der Waals surface area contributed by atoms with Crippen molar-refractivity contribution >= 4 is 22.5 Å². The number of H-pyrrole nitrogens is 1. The van der Waals surface area contributed by atoms with Crippen LogP contribution in [0.15, 0.2) is 55.2 Å². The summed E-state index contributed by atoms with van der Waals surface area (Å²) in [6.45, 7) is 4.63. The molecular formula is C28H31ClF3N5. The Morgan fingerprint density at radius 2 is 1.84 bits per heavy atom. The Morgan fingerprint density at radius 3 is 2.57 bits per heavy atom. The SMILES string of the molecule is CC(CN1CCC(CCCc2c[nH]c3ccc(-n4cnnc4)cc23)CC1)c1cc(C(F)(F)F)ccc1Cl. The molecule has 0 radical (unpaired) electrons. The van der Waals surface area contributed by atoms with Gasteiger partial charge >= 0.3 is 6.18 Å². The first-order valence-corrected chi connectivity index (χ1v) is 13.2. The summed E-state index contributed by atoms with van der Waals surface area (Å²) in [5.41, 5.74) is 3.45. The van der Waals surface area contributed by atoms with Gasteiger partial charge in [0, 0.05) is 34.4 Å². The van der Waals surface area contributed by atoms with E-state index in [2.05, 4.69) is 44.5 Å². The van der Waals surface area contributed by atoms with Gasteiger partial charge in [-0.05, 0) is 98.1 Å². The van der Waals surface area contributed by atoms with Crippen LogP contribution in [0.5, 0.6) is 0 Å². The number of aromatic nitrogens is 4. The second-order valence-corrected chi connectivity index (χ2v) is 10.6. The average molecular weight is 530 g/mol. The Balaban J connectivity index is 1.11. The van der Waals surface area contributed by atoms with Crippen LogP contribution in [0.2, 0.25) is 5.02 Å². The van der Waals surface area contributed by atoms with Crippen LogP contribution < -0.4 is 0 Å². The van der Waals surface area contributed by atoms with Crippen molar-refractivity contribution in [3.8, 4) is 5.69 Å². The molecule has 4 aromatic rings. The monoisotopic (exact) mass is 529 g/mol. The van der Waals surface area contributed by atoms with Crippen LogP contribution in [-0.2, 0) is 12.6 Å². The molecule has 3 heterocycles. The van der Waals surface area contributed by atoms with E-state index in [1.807, 2.05) is 11.5 Å². The van der Waals surface area contributed by atoms with Gasteiger partial charge in [-0.2, -0.15) is 13.2 Å². The molecule has 37 heavy (non-hydrogen) atoms. The van der Waals surface area contributed by atoms with E-state index in [-0.39, 0.29) is 5.92 Å². The third kappa shape index (κ3) is 6.02. The van der Waals surface area contributed by atoms with Crippen LogP contribution in [-0.4, -0.2) is 44.3 Å². The zero-order valence-electron chi connectivity index (χ0n) is 20.8. The number of halogens is 4. The van der Waals surface area contributed by atoms with Crippen molar-refractivity contribution in [1.82, 2.24) is 24.6 Å². The number of nitrogens with one attached hydrogen (secondary N) is 1. The third-order valence-corrected chi connectivity index (χ3v) is 7.96. The number of fused-ring (bicyclic) bond motifs is 1. The van der Waals surface area contributed by atoms with E-state index < -0.39 is 11.7 Å². The molecule has 1 aliphatic heterocycles. The van der Waals surface area contributed by atoms with E-state index >= 15 is 0 Å².